The van der Waals surface area contributed by atoms with Crippen molar-refractivity contribution in [3.63, 3.8) is 0 Å². The van der Waals surface area contributed by atoms with Crippen LogP contribution >= 0.6 is 0 Å². The first-order chi connectivity index (χ1) is 19.4. The van der Waals surface area contributed by atoms with Gasteiger partial charge >= 0.3 is 6.09 Å². The fourth-order valence-electron chi connectivity index (χ4n) is 5.19. The van der Waals surface area contributed by atoms with Crippen molar-refractivity contribution in [1.29, 1.82) is 0 Å². The molecule has 12 nitrogen and oxygen atoms in total. The summed E-state index contributed by atoms with van der Waals surface area (Å²) in [7, 11) is 0. The molecule has 4 N–H and O–H groups in total. The Hall–Kier alpha value is -3.96. The van der Waals surface area contributed by atoms with E-state index in [2.05, 4.69) is 10.6 Å². The van der Waals surface area contributed by atoms with Crippen LogP contribution in [0, 0.1) is 11.8 Å². The highest BCUT2D eigenvalue weighted by atomic mass is 16.6. The van der Waals surface area contributed by atoms with Crippen LogP contribution < -0.4 is 16.4 Å². The number of amides is 6. The molecule has 0 unspecified atom stereocenters. The first-order valence-electron chi connectivity index (χ1n) is 14.1. The minimum atomic E-state index is -1.13. The Balaban J connectivity index is 1.70. The van der Waals surface area contributed by atoms with E-state index in [1.165, 1.54) is 4.90 Å². The molecule has 3 rings (SSSR count). The highest BCUT2D eigenvalue weighted by Crippen LogP contribution is 2.22. The maximum atomic E-state index is 13.5. The van der Waals surface area contributed by atoms with Crippen molar-refractivity contribution in [2.75, 3.05) is 6.54 Å². The van der Waals surface area contributed by atoms with Crippen LogP contribution in [0.3, 0.4) is 0 Å². The van der Waals surface area contributed by atoms with Crippen molar-refractivity contribution >= 4 is 35.6 Å². The summed E-state index contributed by atoms with van der Waals surface area (Å²) in [6.45, 7) is 7.61. The van der Waals surface area contributed by atoms with E-state index in [0.717, 1.165) is 10.5 Å². The van der Waals surface area contributed by atoms with Crippen LogP contribution in [0.1, 0.15) is 65.4 Å². The lowest BCUT2D eigenvalue weighted by Gasteiger charge is -2.31. The zero-order chi connectivity index (χ0) is 30.3. The number of hydrogen-bond acceptors (Lipinski definition) is 7. The van der Waals surface area contributed by atoms with Gasteiger partial charge in [0, 0.05) is 13.0 Å². The topological polar surface area (TPSA) is 168 Å². The van der Waals surface area contributed by atoms with Gasteiger partial charge in [-0.2, -0.15) is 0 Å². The fraction of sp³-hybridized carbons (Fsp3) is 0.586. The van der Waals surface area contributed by atoms with Crippen LogP contribution in [0.2, 0.25) is 0 Å². The molecule has 0 saturated carbocycles. The van der Waals surface area contributed by atoms with Crippen molar-refractivity contribution in [3.05, 3.63) is 35.9 Å². The lowest BCUT2D eigenvalue weighted by Crippen LogP contribution is -2.59. The molecule has 1 aromatic rings. The van der Waals surface area contributed by atoms with Crippen molar-refractivity contribution in [1.82, 2.24) is 20.4 Å². The molecule has 6 amide bonds. The largest absolute Gasteiger partial charge is 0.444 e. The zero-order valence-corrected chi connectivity index (χ0v) is 24.1. The van der Waals surface area contributed by atoms with Crippen LogP contribution in [-0.4, -0.2) is 76.1 Å². The monoisotopic (exact) mass is 571 g/mol. The summed E-state index contributed by atoms with van der Waals surface area (Å²) in [4.78, 5) is 79.5. The molecule has 0 spiro atoms. The molecule has 2 saturated heterocycles. The van der Waals surface area contributed by atoms with Crippen LogP contribution in [0.4, 0.5) is 4.79 Å². The number of primary amides is 1. The lowest BCUT2D eigenvalue weighted by atomic mass is 9.99. The number of rotatable bonds is 11. The second kappa shape index (κ2) is 14.1. The van der Waals surface area contributed by atoms with E-state index in [9.17, 15) is 28.8 Å². The van der Waals surface area contributed by atoms with E-state index in [1.807, 2.05) is 19.9 Å². The number of hydrogen-bond donors (Lipinski definition) is 3. The Morgan fingerprint density at radius 2 is 1.68 bits per heavy atom. The second-order valence-electron chi connectivity index (χ2n) is 11.4. The molecule has 2 fully saturated rings. The van der Waals surface area contributed by atoms with Crippen LogP contribution in [0.25, 0.3) is 0 Å². The van der Waals surface area contributed by atoms with Gasteiger partial charge in [-0.05, 0) is 43.1 Å². The Morgan fingerprint density at radius 1 is 1.00 bits per heavy atom. The normalized spacial score (nSPS) is 20.2. The van der Waals surface area contributed by atoms with Crippen molar-refractivity contribution in [3.8, 4) is 0 Å². The first kappa shape index (κ1) is 31.6. The minimum Gasteiger partial charge on any atom is -0.444 e. The Labute approximate surface area is 240 Å². The summed E-state index contributed by atoms with van der Waals surface area (Å²) in [6.07, 6.45) is 0.507. The molecule has 0 radical (unpaired) electrons. The highest BCUT2D eigenvalue weighted by Gasteiger charge is 2.43. The van der Waals surface area contributed by atoms with E-state index in [-0.39, 0.29) is 37.7 Å². The van der Waals surface area contributed by atoms with Gasteiger partial charge in [0.15, 0.2) is 0 Å². The Kier molecular flexibility index (Phi) is 10.8. The summed E-state index contributed by atoms with van der Waals surface area (Å²) in [6, 6.07) is 5.12. The molecule has 0 aromatic heterocycles. The summed E-state index contributed by atoms with van der Waals surface area (Å²) < 4.78 is 5.29. The summed E-state index contributed by atoms with van der Waals surface area (Å²) in [5, 5.41) is 5.46. The van der Waals surface area contributed by atoms with Gasteiger partial charge in [-0.25, -0.2) is 9.69 Å². The van der Waals surface area contributed by atoms with Crippen molar-refractivity contribution < 1.29 is 33.5 Å². The van der Waals surface area contributed by atoms with Crippen LogP contribution in [-0.2, 0) is 35.3 Å². The van der Waals surface area contributed by atoms with Gasteiger partial charge in [0.05, 0.1) is 0 Å². The number of carbonyl (C=O) groups is 6. The number of nitrogens with one attached hydrogen (secondary N) is 2. The third-order valence-electron chi connectivity index (χ3n) is 7.35. The van der Waals surface area contributed by atoms with E-state index >= 15 is 0 Å². The lowest BCUT2D eigenvalue weighted by molar-refractivity contribution is -0.142. The van der Waals surface area contributed by atoms with Crippen LogP contribution in [0.15, 0.2) is 30.3 Å². The molecular formula is C29H41N5O7. The van der Waals surface area contributed by atoms with E-state index in [4.69, 9.17) is 10.5 Å². The average molecular weight is 572 g/mol. The van der Waals surface area contributed by atoms with E-state index in [0.29, 0.717) is 19.4 Å². The Morgan fingerprint density at radius 3 is 2.29 bits per heavy atom. The molecule has 2 aliphatic rings. The molecule has 224 valence electrons. The third kappa shape index (κ3) is 8.05. The molecule has 0 bridgehead atoms. The second-order valence-corrected chi connectivity index (χ2v) is 11.4. The maximum absolute atomic E-state index is 13.5. The maximum Gasteiger partial charge on any atom is 0.417 e. The molecule has 2 heterocycles. The summed E-state index contributed by atoms with van der Waals surface area (Å²) in [5.41, 5.74) is 6.21. The number of ether oxygens (including phenoxy) is 1. The van der Waals surface area contributed by atoms with Crippen molar-refractivity contribution in [2.24, 2.45) is 17.6 Å². The fourth-order valence-corrected chi connectivity index (χ4v) is 5.19. The van der Waals surface area contributed by atoms with E-state index < -0.39 is 59.8 Å². The zero-order valence-electron chi connectivity index (χ0n) is 24.1. The minimum absolute atomic E-state index is 0.00535. The van der Waals surface area contributed by atoms with Gasteiger partial charge < -0.3 is 26.0 Å². The molecule has 0 aliphatic carbocycles. The highest BCUT2D eigenvalue weighted by molar-refractivity contribution is 6.02. The standard InChI is InChI=1S/C29H41N5O7/c1-17(2)15-20(26(37)32-24(18(3)4)28(39)33-14-8-11-21(33)25(30)36)31-27(38)22-12-13-23(35)34(22)29(40)41-16-19-9-6-5-7-10-19/h5-7,9-10,17-18,20-22,24H,8,11-16H2,1-4H3,(H2,30,36)(H,31,38)(H,32,37)/t20-,21-,22+,24-/m1/s1. The Bertz CT molecular complexity index is 1140. The number of nitrogens with zero attached hydrogens (tertiary/aromatic N) is 2. The molecule has 4 atom stereocenters. The third-order valence-corrected chi connectivity index (χ3v) is 7.35. The number of carbonyl (C=O) groups excluding carboxylic acids is 6. The number of likely N-dealkylation sites (tertiary alicyclic amines) is 2. The van der Waals surface area contributed by atoms with Gasteiger partial charge in [-0.15, -0.1) is 0 Å². The van der Waals surface area contributed by atoms with Crippen LogP contribution in [0.5, 0.6) is 0 Å². The number of benzene rings is 1. The predicted molar refractivity (Wildman–Crippen MR) is 149 cm³/mol. The van der Waals surface area contributed by atoms with Gasteiger partial charge in [0.1, 0.15) is 30.8 Å². The molecular weight excluding hydrogens is 530 g/mol. The summed E-state index contributed by atoms with van der Waals surface area (Å²) >= 11 is 0. The quantitative estimate of drug-likeness (QED) is 0.361. The number of nitrogens with two attached hydrogens (primary N) is 1. The predicted octanol–water partition coefficient (Wildman–Crippen LogP) is 1.46. The van der Waals surface area contributed by atoms with Gasteiger partial charge in [-0.1, -0.05) is 58.0 Å². The number of imide groups is 1. The average Bonchev–Trinajstić information content (AvgIpc) is 3.57. The van der Waals surface area contributed by atoms with Gasteiger partial charge in [0.25, 0.3) is 0 Å². The summed E-state index contributed by atoms with van der Waals surface area (Å²) in [5.74, 6) is -3.07. The molecule has 1 aromatic carbocycles. The molecule has 41 heavy (non-hydrogen) atoms. The molecule has 2 aliphatic heterocycles. The van der Waals surface area contributed by atoms with Gasteiger partial charge in [-0.3, -0.25) is 24.0 Å². The molecule has 12 heteroatoms. The smallest absolute Gasteiger partial charge is 0.417 e. The SMILES string of the molecule is CC(C)C[C@@H](NC(=O)[C@@H]1CCC(=O)N1C(=O)OCc1ccccc1)C(=O)N[C@@H](C(=O)N1CCC[C@@H]1C(N)=O)C(C)C. The van der Waals surface area contributed by atoms with Gasteiger partial charge in [0.2, 0.25) is 29.5 Å². The van der Waals surface area contributed by atoms with Crippen molar-refractivity contribution in [2.45, 2.75) is 90.6 Å². The van der Waals surface area contributed by atoms with E-state index in [1.54, 1.807) is 38.1 Å². The first-order valence-corrected chi connectivity index (χ1v) is 14.1.